The minimum absolute atomic E-state index is 0.0737. The van der Waals surface area contributed by atoms with Crippen molar-refractivity contribution in [2.75, 3.05) is 27.2 Å². The van der Waals surface area contributed by atoms with Gasteiger partial charge in [0.1, 0.15) is 0 Å². The number of amides is 2. The largest absolute Gasteiger partial charge is 0.468 e. The van der Waals surface area contributed by atoms with Gasteiger partial charge in [-0.25, -0.2) is 4.68 Å². The molecule has 2 amide bonds. The van der Waals surface area contributed by atoms with E-state index in [2.05, 4.69) is 10.4 Å². The molecule has 1 fully saturated rings. The molecule has 0 spiro atoms. The van der Waals surface area contributed by atoms with E-state index in [0.29, 0.717) is 24.0 Å². The zero-order chi connectivity index (χ0) is 16.1. The Hall–Kier alpha value is -2.05. The predicted octanol–water partition coefficient (Wildman–Crippen LogP) is 0.807. The number of hydrogen-bond donors (Lipinski definition) is 1. The lowest BCUT2D eigenvalue weighted by molar-refractivity contribution is -0.130. The van der Waals surface area contributed by atoms with Crippen molar-refractivity contribution in [1.82, 2.24) is 20.0 Å². The summed E-state index contributed by atoms with van der Waals surface area (Å²) >= 11 is 0. The van der Waals surface area contributed by atoms with E-state index in [1.54, 1.807) is 27.2 Å². The SMILES string of the molecule is CN(C)C(=O)COc1cc(C(=O)NCC2CCCC2)nn1C. The maximum atomic E-state index is 12.1. The Morgan fingerprint density at radius 2 is 2.09 bits per heavy atom. The molecule has 1 aromatic heterocycles. The Labute approximate surface area is 130 Å². The summed E-state index contributed by atoms with van der Waals surface area (Å²) < 4.78 is 6.86. The normalized spacial score (nSPS) is 14.9. The molecule has 1 saturated carbocycles. The van der Waals surface area contributed by atoms with Gasteiger partial charge in [-0.3, -0.25) is 9.59 Å². The zero-order valence-electron chi connectivity index (χ0n) is 13.5. The van der Waals surface area contributed by atoms with E-state index in [1.807, 2.05) is 0 Å². The van der Waals surface area contributed by atoms with Gasteiger partial charge in [0.2, 0.25) is 5.88 Å². The van der Waals surface area contributed by atoms with Crippen molar-refractivity contribution in [3.63, 3.8) is 0 Å². The van der Waals surface area contributed by atoms with Crippen LogP contribution in [0, 0.1) is 5.92 Å². The molecule has 1 aliphatic carbocycles. The first-order chi connectivity index (χ1) is 10.5. The number of aromatic nitrogens is 2. The number of ether oxygens (including phenoxy) is 1. The first kappa shape index (κ1) is 16.3. The second-order valence-electron chi connectivity index (χ2n) is 5.93. The average molecular weight is 308 g/mol. The molecule has 0 aliphatic heterocycles. The molecular weight excluding hydrogens is 284 g/mol. The smallest absolute Gasteiger partial charge is 0.271 e. The van der Waals surface area contributed by atoms with Crippen molar-refractivity contribution < 1.29 is 14.3 Å². The van der Waals surface area contributed by atoms with Crippen molar-refractivity contribution in [1.29, 1.82) is 0 Å². The van der Waals surface area contributed by atoms with Crippen LogP contribution in [0.4, 0.5) is 0 Å². The van der Waals surface area contributed by atoms with Crippen molar-refractivity contribution in [3.8, 4) is 5.88 Å². The molecule has 22 heavy (non-hydrogen) atoms. The highest BCUT2D eigenvalue weighted by molar-refractivity contribution is 5.92. The van der Waals surface area contributed by atoms with Gasteiger partial charge < -0.3 is 15.0 Å². The standard InChI is InChI=1S/C15H24N4O3/c1-18(2)13(20)10-22-14-8-12(17-19(14)3)15(21)16-9-11-6-4-5-7-11/h8,11H,4-7,9-10H2,1-3H3,(H,16,21). The van der Waals surface area contributed by atoms with Gasteiger partial charge in [-0.2, -0.15) is 5.10 Å². The van der Waals surface area contributed by atoms with Gasteiger partial charge in [-0.15, -0.1) is 0 Å². The maximum absolute atomic E-state index is 12.1. The molecule has 0 saturated heterocycles. The highest BCUT2D eigenvalue weighted by atomic mass is 16.5. The van der Waals surface area contributed by atoms with Gasteiger partial charge in [0.15, 0.2) is 12.3 Å². The van der Waals surface area contributed by atoms with E-state index in [4.69, 9.17) is 4.74 Å². The Morgan fingerprint density at radius 1 is 1.41 bits per heavy atom. The van der Waals surface area contributed by atoms with Crippen LogP contribution in [0.1, 0.15) is 36.2 Å². The van der Waals surface area contributed by atoms with E-state index in [-0.39, 0.29) is 18.4 Å². The summed E-state index contributed by atoms with van der Waals surface area (Å²) in [5.41, 5.74) is 0.313. The molecule has 1 N–H and O–H groups in total. The Bertz CT molecular complexity index is 533. The second kappa shape index (κ2) is 7.29. The van der Waals surface area contributed by atoms with Crippen LogP contribution in [0.2, 0.25) is 0 Å². The summed E-state index contributed by atoms with van der Waals surface area (Å²) in [7, 11) is 5.01. The molecular formula is C15H24N4O3. The molecule has 0 atom stereocenters. The Balaban J connectivity index is 1.87. The molecule has 7 heteroatoms. The van der Waals surface area contributed by atoms with E-state index < -0.39 is 0 Å². The average Bonchev–Trinajstić information content (AvgIpc) is 3.11. The lowest BCUT2D eigenvalue weighted by Crippen LogP contribution is -2.28. The minimum Gasteiger partial charge on any atom is -0.468 e. The van der Waals surface area contributed by atoms with Gasteiger partial charge >= 0.3 is 0 Å². The fourth-order valence-corrected chi connectivity index (χ4v) is 2.50. The molecule has 2 rings (SSSR count). The monoisotopic (exact) mass is 308 g/mol. The van der Waals surface area contributed by atoms with Crippen LogP contribution in [-0.4, -0.2) is 53.7 Å². The number of carbonyl (C=O) groups is 2. The predicted molar refractivity (Wildman–Crippen MR) is 81.7 cm³/mol. The quantitative estimate of drug-likeness (QED) is 0.843. The Kier molecular flexibility index (Phi) is 5.41. The summed E-state index contributed by atoms with van der Waals surface area (Å²) in [4.78, 5) is 25.1. The second-order valence-corrected chi connectivity index (χ2v) is 5.93. The number of nitrogens with zero attached hydrogens (tertiary/aromatic N) is 3. The fourth-order valence-electron chi connectivity index (χ4n) is 2.50. The maximum Gasteiger partial charge on any atom is 0.271 e. The number of rotatable bonds is 6. The van der Waals surface area contributed by atoms with Gasteiger partial charge in [0, 0.05) is 33.8 Å². The number of likely N-dealkylation sites (N-methyl/N-ethyl adjacent to an activating group) is 1. The van der Waals surface area contributed by atoms with Crippen LogP contribution in [0.15, 0.2) is 6.07 Å². The first-order valence-corrected chi connectivity index (χ1v) is 7.62. The zero-order valence-corrected chi connectivity index (χ0v) is 13.5. The Morgan fingerprint density at radius 3 is 2.73 bits per heavy atom. The molecule has 122 valence electrons. The lowest BCUT2D eigenvalue weighted by Gasteiger charge is -2.10. The van der Waals surface area contributed by atoms with Gasteiger partial charge in [0.05, 0.1) is 0 Å². The third-order valence-electron chi connectivity index (χ3n) is 3.94. The number of carbonyl (C=O) groups excluding carboxylic acids is 2. The third-order valence-corrected chi connectivity index (χ3v) is 3.94. The molecule has 1 aliphatic rings. The van der Waals surface area contributed by atoms with E-state index in [9.17, 15) is 9.59 Å². The van der Waals surface area contributed by atoms with Crippen LogP contribution in [0.3, 0.4) is 0 Å². The first-order valence-electron chi connectivity index (χ1n) is 7.62. The van der Waals surface area contributed by atoms with Gasteiger partial charge in [-0.05, 0) is 18.8 Å². The van der Waals surface area contributed by atoms with Gasteiger partial charge in [0.25, 0.3) is 11.8 Å². The van der Waals surface area contributed by atoms with Crippen molar-refractivity contribution in [2.24, 2.45) is 13.0 Å². The summed E-state index contributed by atoms with van der Waals surface area (Å²) in [5, 5.41) is 7.05. The van der Waals surface area contributed by atoms with E-state index in [1.165, 1.54) is 35.3 Å². The van der Waals surface area contributed by atoms with Crippen molar-refractivity contribution in [3.05, 3.63) is 11.8 Å². The molecule has 1 heterocycles. The van der Waals surface area contributed by atoms with E-state index in [0.717, 1.165) is 0 Å². The topological polar surface area (TPSA) is 76.5 Å². The van der Waals surface area contributed by atoms with Crippen LogP contribution in [-0.2, 0) is 11.8 Å². The lowest BCUT2D eigenvalue weighted by atomic mass is 10.1. The third kappa shape index (κ3) is 4.22. The molecule has 0 unspecified atom stereocenters. The summed E-state index contributed by atoms with van der Waals surface area (Å²) in [6.07, 6.45) is 4.87. The number of nitrogens with one attached hydrogen (secondary N) is 1. The van der Waals surface area contributed by atoms with Gasteiger partial charge in [-0.1, -0.05) is 12.8 Å². The molecule has 0 aromatic carbocycles. The summed E-state index contributed by atoms with van der Waals surface area (Å²) in [5.74, 6) is 0.645. The minimum atomic E-state index is -0.198. The highest BCUT2D eigenvalue weighted by Gasteiger charge is 2.18. The van der Waals surface area contributed by atoms with Crippen molar-refractivity contribution >= 4 is 11.8 Å². The molecule has 0 bridgehead atoms. The fraction of sp³-hybridized carbons (Fsp3) is 0.667. The summed E-state index contributed by atoms with van der Waals surface area (Å²) in [6, 6.07) is 1.56. The van der Waals surface area contributed by atoms with Crippen molar-refractivity contribution in [2.45, 2.75) is 25.7 Å². The molecule has 0 radical (unpaired) electrons. The van der Waals surface area contributed by atoms with E-state index >= 15 is 0 Å². The van der Waals surface area contributed by atoms with Crippen LogP contribution in [0.25, 0.3) is 0 Å². The van der Waals surface area contributed by atoms with Crippen LogP contribution in [0.5, 0.6) is 5.88 Å². The number of aryl methyl sites for hydroxylation is 1. The molecule has 7 nitrogen and oxygen atoms in total. The highest BCUT2D eigenvalue weighted by Crippen LogP contribution is 2.23. The molecule has 1 aromatic rings. The van der Waals surface area contributed by atoms with Crippen LogP contribution < -0.4 is 10.1 Å². The number of hydrogen-bond acceptors (Lipinski definition) is 4. The van der Waals surface area contributed by atoms with Crippen LogP contribution >= 0.6 is 0 Å². The summed E-state index contributed by atoms with van der Waals surface area (Å²) in [6.45, 7) is 0.625.